The van der Waals surface area contributed by atoms with E-state index in [1.54, 1.807) is 16.2 Å². The number of hydrogen-bond acceptors (Lipinski definition) is 5. The Bertz CT molecular complexity index is 1070. The van der Waals surface area contributed by atoms with Crippen LogP contribution < -0.4 is 4.74 Å². The van der Waals surface area contributed by atoms with Crippen molar-refractivity contribution in [2.75, 3.05) is 32.8 Å². The standard InChI is InChI=1S/C29H38N2O4S/c1-20-9-10-26(21(2)16-20)35-19-25-24-12-15-36-27(24)11-13-31(25)28(32)18-30(17-23-8-5-14-34-23)29(33)22-6-3-4-7-22/h9-10,12,15-16,22-23,25H,3-8,11,13-14,17-19H2,1-2H3/t23-,25+/m0/s1. The van der Waals surface area contributed by atoms with Crippen LogP contribution in [0.3, 0.4) is 0 Å². The zero-order valence-electron chi connectivity index (χ0n) is 21.5. The van der Waals surface area contributed by atoms with Gasteiger partial charge in [0, 0.05) is 30.5 Å². The van der Waals surface area contributed by atoms with Crippen molar-refractivity contribution in [3.05, 3.63) is 51.2 Å². The third-order valence-electron chi connectivity index (χ3n) is 7.93. The van der Waals surface area contributed by atoms with Gasteiger partial charge in [0.1, 0.15) is 12.4 Å². The van der Waals surface area contributed by atoms with Crippen LogP contribution in [-0.4, -0.2) is 60.6 Å². The average molecular weight is 511 g/mol. The number of benzene rings is 1. The van der Waals surface area contributed by atoms with Gasteiger partial charge in [0.2, 0.25) is 11.8 Å². The Kier molecular flexibility index (Phi) is 7.96. The first-order valence-electron chi connectivity index (χ1n) is 13.5. The normalized spacial score (nSPS) is 22.0. The number of ether oxygens (including phenoxy) is 2. The Morgan fingerprint density at radius 1 is 1.14 bits per heavy atom. The van der Waals surface area contributed by atoms with Crippen LogP contribution in [-0.2, 0) is 20.7 Å². The van der Waals surface area contributed by atoms with Crippen LogP contribution in [0.1, 0.15) is 66.1 Å². The molecular weight excluding hydrogens is 472 g/mol. The van der Waals surface area contributed by atoms with Gasteiger partial charge in [-0.25, -0.2) is 0 Å². The van der Waals surface area contributed by atoms with Gasteiger partial charge >= 0.3 is 0 Å². The number of carbonyl (C=O) groups excluding carboxylic acids is 2. The molecular formula is C29H38N2O4S. The minimum absolute atomic E-state index is 0.00502. The highest BCUT2D eigenvalue weighted by Crippen LogP contribution is 2.35. The number of thiophene rings is 1. The fraction of sp³-hybridized carbons (Fsp3) is 0.586. The van der Waals surface area contributed by atoms with Crippen molar-refractivity contribution < 1.29 is 19.1 Å². The summed E-state index contributed by atoms with van der Waals surface area (Å²) in [6.45, 7) is 6.57. The molecule has 1 saturated heterocycles. The number of amides is 2. The molecule has 1 aromatic heterocycles. The number of hydrogen-bond donors (Lipinski definition) is 0. The quantitative estimate of drug-likeness (QED) is 0.498. The predicted molar refractivity (Wildman–Crippen MR) is 141 cm³/mol. The van der Waals surface area contributed by atoms with Gasteiger partial charge < -0.3 is 19.3 Å². The summed E-state index contributed by atoms with van der Waals surface area (Å²) in [5.74, 6) is 1.04. The smallest absolute Gasteiger partial charge is 0.242 e. The van der Waals surface area contributed by atoms with Gasteiger partial charge in [-0.05, 0) is 74.6 Å². The summed E-state index contributed by atoms with van der Waals surface area (Å²) in [6.07, 6.45) is 6.93. The van der Waals surface area contributed by atoms with Crippen LogP contribution >= 0.6 is 11.3 Å². The molecule has 3 heterocycles. The van der Waals surface area contributed by atoms with Gasteiger partial charge in [-0.3, -0.25) is 9.59 Å². The first-order valence-corrected chi connectivity index (χ1v) is 14.3. The Labute approximate surface area is 218 Å². The second kappa shape index (κ2) is 11.3. The maximum Gasteiger partial charge on any atom is 0.242 e. The molecule has 0 radical (unpaired) electrons. The van der Waals surface area contributed by atoms with Crippen molar-refractivity contribution in [3.63, 3.8) is 0 Å². The molecule has 2 atom stereocenters. The minimum Gasteiger partial charge on any atom is -0.491 e. The molecule has 3 aliphatic rings. The van der Waals surface area contributed by atoms with Crippen molar-refractivity contribution in [1.29, 1.82) is 0 Å². The van der Waals surface area contributed by atoms with E-state index in [4.69, 9.17) is 9.47 Å². The summed E-state index contributed by atoms with van der Waals surface area (Å²) in [5, 5.41) is 2.11. The molecule has 0 bridgehead atoms. The van der Waals surface area contributed by atoms with E-state index in [1.165, 1.54) is 16.0 Å². The van der Waals surface area contributed by atoms with Crippen molar-refractivity contribution in [2.24, 2.45) is 5.92 Å². The fourth-order valence-electron chi connectivity index (χ4n) is 5.96. The molecule has 2 amide bonds. The maximum absolute atomic E-state index is 13.8. The van der Waals surface area contributed by atoms with E-state index in [0.717, 1.165) is 62.9 Å². The zero-order chi connectivity index (χ0) is 25.1. The van der Waals surface area contributed by atoms with E-state index in [2.05, 4.69) is 37.4 Å². The molecule has 7 heteroatoms. The van der Waals surface area contributed by atoms with Crippen LogP contribution in [0.5, 0.6) is 5.75 Å². The summed E-state index contributed by atoms with van der Waals surface area (Å²) in [7, 11) is 0. The predicted octanol–water partition coefficient (Wildman–Crippen LogP) is 5.07. The third kappa shape index (κ3) is 5.62. The lowest BCUT2D eigenvalue weighted by Gasteiger charge is -2.37. The molecule has 0 spiro atoms. The topological polar surface area (TPSA) is 59.1 Å². The van der Waals surface area contributed by atoms with Crippen LogP contribution in [0, 0.1) is 19.8 Å². The minimum atomic E-state index is -0.153. The monoisotopic (exact) mass is 510 g/mol. The number of aryl methyl sites for hydroxylation is 2. The summed E-state index contributed by atoms with van der Waals surface area (Å²) in [4.78, 5) is 32.3. The number of nitrogens with zero attached hydrogens (tertiary/aromatic N) is 2. The van der Waals surface area contributed by atoms with Crippen LogP contribution in [0.15, 0.2) is 29.6 Å². The molecule has 1 aromatic carbocycles. The first kappa shape index (κ1) is 25.3. The van der Waals surface area contributed by atoms with E-state index in [0.29, 0.717) is 19.7 Å². The highest BCUT2D eigenvalue weighted by molar-refractivity contribution is 7.10. The van der Waals surface area contributed by atoms with Gasteiger partial charge in [0.25, 0.3) is 0 Å². The van der Waals surface area contributed by atoms with Crippen LogP contribution in [0.2, 0.25) is 0 Å². The van der Waals surface area contributed by atoms with Gasteiger partial charge in [-0.2, -0.15) is 0 Å². The van der Waals surface area contributed by atoms with Crippen molar-refractivity contribution in [3.8, 4) is 5.75 Å². The largest absolute Gasteiger partial charge is 0.491 e. The van der Waals surface area contributed by atoms with Crippen LogP contribution in [0.4, 0.5) is 0 Å². The molecule has 5 rings (SSSR count). The molecule has 1 saturated carbocycles. The Hall–Kier alpha value is -2.38. The molecule has 6 nitrogen and oxygen atoms in total. The molecule has 0 N–H and O–H groups in total. The summed E-state index contributed by atoms with van der Waals surface area (Å²) >= 11 is 1.75. The number of rotatable bonds is 8. The SMILES string of the molecule is Cc1ccc(OC[C@@H]2c3ccsc3CCN2C(=O)CN(C[C@@H]2CCCO2)C(=O)C2CCCC2)c(C)c1. The van der Waals surface area contributed by atoms with E-state index in [1.807, 2.05) is 11.0 Å². The lowest BCUT2D eigenvalue weighted by molar-refractivity contribution is -0.146. The molecule has 194 valence electrons. The van der Waals surface area contributed by atoms with Gasteiger partial charge in [-0.15, -0.1) is 11.3 Å². The summed E-state index contributed by atoms with van der Waals surface area (Å²) in [5.41, 5.74) is 3.48. The van der Waals surface area contributed by atoms with Gasteiger partial charge in [0.05, 0.1) is 18.7 Å². The first-order chi connectivity index (χ1) is 17.5. The molecule has 0 unspecified atom stereocenters. The molecule has 1 aliphatic carbocycles. The van der Waals surface area contributed by atoms with E-state index in [-0.39, 0.29) is 36.4 Å². The van der Waals surface area contributed by atoms with E-state index < -0.39 is 0 Å². The summed E-state index contributed by atoms with van der Waals surface area (Å²) in [6, 6.07) is 8.16. The highest BCUT2D eigenvalue weighted by atomic mass is 32.1. The van der Waals surface area contributed by atoms with Crippen molar-refractivity contribution in [2.45, 2.75) is 70.9 Å². The lowest BCUT2D eigenvalue weighted by atomic mass is 10.00. The molecule has 36 heavy (non-hydrogen) atoms. The van der Waals surface area contributed by atoms with Crippen LogP contribution in [0.25, 0.3) is 0 Å². The Morgan fingerprint density at radius 3 is 2.72 bits per heavy atom. The second-order valence-corrected chi connectivity index (χ2v) is 11.6. The van der Waals surface area contributed by atoms with E-state index >= 15 is 0 Å². The van der Waals surface area contributed by atoms with E-state index in [9.17, 15) is 9.59 Å². The molecule has 2 aromatic rings. The van der Waals surface area contributed by atoms with Gasteiger partial charge in [0.15, 0.2) is 0 Å². The zero-order valence-corrected chi connectivity index (χ0v) is 22.4. The average Bonchev–Trinajstić information content (AvgIpc) is 3.65. The molecule has 2 aliphatic heterocycles. The van der Waals surface area contributed by atoms with Gasteiger partial charge in [-0.1, -0.05) is 30.5 Å². The Balaban J connectivity index is 1.32. The maximum atomic E-state index is 13.8. The third-order valence-corrected chi connectivity index (χ3v) is 8.93. The molecule has 2 fully saturated rings. The summed E-state index contributed by atoms with van der Waals surface area (Å²) < 4.78 is 12.1. The Morgan fingerprint density at radius 2 is 1.97 bits per heavy atom. The highest BCUT2D eigenvalue weighted by Gasteiger charge is 2.36. The van der Waals surface area contributed by atoms with Crippen molar-refractivity contribution >= 4 is 23.2 Å². The lowest BCUT2D eigenvalue weighted by Crippen LogP contribution is -2.50. The second-order valence-electron chi connectivity index (χ2n) is 10.6. The number of carbonyl (C=O) groups is 2. The fourth-order valence-corrected chi connectivity index (χ4v) is 6.88. The number of fused-ring (bicyclic) bond motifs is 1. The van der Waals surface area contributed by atoms with Crippen molar-refractivity contribution in [1.82, 2.24) is 9.80 Å².